The summed E-state index contributed by atoms with van der Waals surface area (Å²) in [6.45, 7) is 6.67. The summed E-state index contributed by atoms with van der Waals surface area (Å²) >= 11 is 0. The van der Waals surface area contributed by atoms with Crippen molar-refractivity contribution in [3.63, 3.8) is 0 Å². The number of nitrogens with one attached hydrogen (secondary N) is 1. The summed E-state index contributed by atoms with van der Waals surface area (Å²) in [5, 5.41) is 8.00. The van der Waals surface area contributed by atoms with Gasteiger partial charge in [-0.15, -0.1) is 0 Å². The van der Waals surface area contributed by atoms with Crippen LogP contribution in [-0.4, -0.2) is 113 Å². The van der Waals surface area contributed by atoms with E-state index in [0.29, 0.717) is 61.9 Å². The Labute approximate surface area is 291 Å². The third-order valence-corrected chi connectivity index (χ3v) is 10.4. The lowest BCUT2D eigenvalue weighted by Crippen LogP contribution is -2.53. The molecule has 11 heteroatoms. The maximum absolute atomic E-state index is 14.9. The highest BCUT2D eigenvalue weighted by molar-refractivity contribution is 5.95. The molecule has 50 heavy (non-hydrogen) atoms. The summed E-state index contributed by atoms with van der Waals surface area (Å²) in [4.78, 5) is 47.0. The molecule has 3 aromatic carbocycles. The molecule has 0 atom stereocenters. The van der Waals surface area contributed by atoms with Crippen LogP contribution in [0.5, 0.6) is 0 Å². The second-order valence-corrected chi connectivity index (χ2v) is 13.8. The van der Waals surface area contributed by atoms with Gasteiger partial charge in [-0.05, 0) is 55.0 Å². The Morgan fingerprint density at radius 3 is 2.06 bits per heavy atom. The maximum atomic E-state index is 14.9. The van der Waals surface area contributed by atoms with Gasteiger partial charge in [-0.1, -0.05) is 54.6 Å². The van der Waals surface area contributed by atoms with E-state index >= 15 is 0 Å². The fourth-order valence-electron chi connectivity index (χ4n) is 7.49. The van der Waals surface area contributed by atoms with Crippen molar-refractivity contribution in [1.29, 1.82) is 0 Å². The highest BCUT2D eigenvalue weighted by atomic mass is 19.1. The number of rotatable bonds is 9. The van der Waals surface area contributed by atoms with Crippen LogP contribution in [0.4, 0.5) is 4.39 Å². The summed E-state index contributed by atoms with van der Waals surface area (Å²) in [6.07, 6.45) is 4.86. The molecule has 0 bridgehead atoms. The number of H-pyrrole nitrogens is 1. The van der Waals surface area contributed by atoms with Crippen molar-refractivity contribution >= 4 is 22.6 Å². The van der Waals surface area contributed by atoms with Gasteiger partial charge in [0.05, 0.1) is 35.4 Å². The number of ether oxygens (including phenoxy) is 1. The van der Waals surface area contributed by atoms with Crippen LogP contribution in [0.15, 0.2) is 77.6 Å². The largest absolute Gasteiger partial charge is 0.375 e. The summed E-state index contributed by atoms with van der Waals surface area (Å²) in [7, 11) is 0. The summed E-state index contributed by atoms with van der Waals surface area (Å²) in [5.41, 5.74) is 2.44. The minimum atomic E-state index is -0.586. The van der Waals surface area contributed by atoms with Crippen molar-refractivity contribution in [3.8, 4) is 0 Å². The zero-order valence-electron chi connectivity index (χ0n) is 28.4. The van der Waals surface area contributed by atoms with Crippen LogP contribution in [0.1, 0.15) is 52.9 Å². The second kappa shape index (κ2) is 15.6. The van der Waals surface area contributed by atoms with Gasteiger partial charge in [-0.3, -0.25) is 24.2 Å². The zero-order chi connectivity index (χ0) is 34.5. The van der Waals surface area contributed by atoms with E-state index in [0.717, 1.165) is 63.8 Å². The predicted molar refractivity (Wildman–Crippen MR) is 189 cm³/mol. The first-order valence-corrected chi connectivity index (χ1v) is 17.9. The van der Waals surface area contributed by atoms with Gasteiger partial charge < -0.3 is 14.5 Å². The first-order valence-electron chi connectivity index (χ1n) is 17.9. The van der Waals surface area contributed by atoms with Gasteiger partial charge in [0, 0.05) is 70.7 Å². The van der Waals surface area contributed by atoms with E-state index in [1.165, 1.54) is 11.6 Å². The molecule has 3 aliphatic rings. The number of benzene rings is 3. The molecule has 0 aliphatic carbocycles. The van der Waals surface area contributed by atoms with Crippen LogP contribution >= 0.6 is 0 Å². The Morgan fingerprint density at radius 2 is 1.36 bits per heavy atom. The van der Waals surface area contributed by atoms with Gasteiger partial charge in [-0.2, -0.15) is 5.10 Å². The molecule has 262 valence electrons. The van der Waals surface area contributed by atoms with Crippen LogP contribution in [0, 0.1) is 5.82 Å². The van der Waals surface area contributed by atoms with Gasteiger partial charge >= 0.3 is 0 Å². The minimum absolute atomic E-state index is 0.00108. The normalized spacial score (nSPS) is 18.5. The number of hydrogen-bond donors (Lipinski definition) is 1. The minimum Gasteiger partial charge on any atom is -0.375 e. The van der Waals surface area contributed by atoms with E-state index in [-0.39, 0.29) is 29.0 Å². The zero-order valence-corrected chi connectivity index (χ0v) is 28.4. The van der Waals surface area contributed by atoms with Crippen molar-refractivity contribution in [1.82, 2.24) is 29.8 Å². The van der Waals surface area contributed by atoms with Crippen molar-refractivity contribution in [3.05, 3.63) is 111 Å². The first-order chi connectivity index (χ1) is 24.4. The van der Waals surface area contributed by atoms with Crippen LogP contribution in [0.25, 0.3) is 10.8 Å². The van der Waals surface area contributed by atoms with Gasteiger partial charge in [0.2, 0.25) is 5.91 Å². The maximum Gasteiger partial charge on any atom is 0.272 e. The van der Waals surface area contributed by atoms with Crippen molar-refractivity contribution in [2.24, 2.45) is 0 Å². The smallest absolute Gasteiger partial charge is 0.272 e. The Kier molecular flexibility index (Phi) is 10.6. The molecule has 7 rings (SSSR count). The molecular formula is C39H45FN6O4. The lowest BCUT2D eigenvalue weighted by molar-refractivity contribution is -0.135. The number of fused-ring (bicyclic) bond motifs is 1. The summed E-state index contributed by atoms with van der Waals surface area (Å²) in [6, 6.07) is 22.3. The topological polar surface area (TPSA) is 102 Å². The molecule has 0 saturated carbocycles. The number of carbonyl (C=O) groups excluding carboxylic acids is 2. The lowest BCUT2D eigenvalue weighted by Gasteiger charge is -2.38. The molecule has 0 spiro atoms. The monoisotopic (exact) mass is 680 g/mol. The fourth-order valence-corrected chi connectivity index (χ4v) is 7.49. The van der Waals surface area contributed by atoms with Crippen molar-refractivity contribution in [2.75, 3.05) is 58.9 Å². The number of halogens is 1. The molecular weight excluding hydrogens is 635 g/mol. The predicted octanol–water partition coefficient (Wildman–Crippen LogP) is 4.08. The van der Waals surface area contributed by atoms with Crippen LogP contribution in [0.3, 0.4) is 0 Å². The van der Waals surface area contributed by atoms with Crippen LogP contribution in [-0.2, 0) is 22.5 Å². The third-order valence-electron chi connectivity index (χ3n) is 10.4. The average molecular weight is 681 g/mol. The number of amides is 2. The fraction of sp³-hybridized carbons (Fsp3) is 0.436. The molecule has 10 nitrogen and oxygen atoms in total. The molecule has 4 aromatic rings. The highest BCUT2D eigenvalue weighted by Crippen LogP contribution is 2.23. The van der Waals surface area contributed by atoms with Gasteiger partial charge in [0.25, 0.3) is 11.5 Å². The molecule has 4 heterocycles. The molecule has 0 radical (unpaired) electrons. The molecule has 3 aliphatic heterocycles. The number of aromatic amines is 1. The van der Waals surface area contributed by atoms with Gasteiger partial charge in [0.15, 0.2) is 0 Å². The second-order valence-electron chi connectivity index (χ2n) is 13.8. The third kappa shape index (κ3) is 8.12. The SMILES string of the molecule is O=C(CN1CCC(OC2CCN(Cc3ccccc3)CC2)CC1)N1CCN(C(=O)c2cc(Cc3n[nH]c(=O)c4ccccc34)ccc2F)CC1. The molecule has 2 amide bonds. The van der Waals surface area contributed by atoms with Crippen molar-refractivity contribution < 1.29 is 18.7 Å². The first kappa shape index (κ1) is 34.0. The van der Waals surface area contributed by atoms with E-state index in [9.17, 15) is 18.8 Å². The van der Waals surface area contributed by atoms with Crippen LogP contribution < -0.4 is 5.56 Å². The van der Waals surface area contributed by atoms with E-state index in [4.69, 9.17) is 4.74 Å². The Bertz CT molecular complexity index is 1840. The average Bonchev–Trinajstić information content (AvgIpc) is 3.15. The molecule has 3 fully saturated rings. The van der Waals surface area contributed by atoms with Gasteiger partial charge in [-0.25, -0.2) is 9.49 Å². The Balaban J connectivity index is 0.844. The number of aromatic nitrogens is 2. The van der Waals surface area contributed by atoms with E-state index in [1.54, 1.807) is 29.2 Å². The molecule has 1 N–H and O–H groups in total. The molecule has 3 saturated heterocycles. The van der Waals surface area contributed by atoms with Crippen molar-refractivity contribution in [2.45, 2.75) is 50.9 Å². The summed E-state index contributed by atoms with van der Waals surface area (Å²) in [5.74, 6) is -0.909. The van der Waals surface area contributed by atoms with Gasteiger partial charge in [0.1, 0.15) is 5.82 Å². The Hall–Kier alpha value is -4.45. The Morgan fingerprint density at radius 1 is 0.740 bits per heavy atom. The number of carbonyl (C=O) groups is 2. The summed E-state index contributed by atoms with van der Waals surface area (Å²) < 4.78 is 21.5. The van der Waals surface area contributed by atoms with E-state index in [2.05, 4.69) is 50.3 Å². The number of likely N-dealkylation sites (tertiary alicyclic amines) is 2. The highest BCUT2D eigenvalue weighted by Gasteiger charge is 2.30. The number of piperazine rings is 1. The number of hydrogen-bond acceptors (Lipinski definition) is 7. The molecule has 1 aromatic heterocycles. The van der Waals surface area contributed by atoms with E-state index < -0.39 is 5.82 Å². The van der Waals surface area contributed by atoms with E-state index in [1.807, 2.05) is 17.0 Å². The number of nitrogens with zero attached hydrogens (tertiary/aromatic N) is 5. The van der Waals surface area contributed by atoms with Crippen LogP contribution in [0.2, 0.25) is 0 Å². The standard InChI is InChI=1S/C39H45FN6O4/c40-35-11-10-29(25-36-32-8-4-5-9-33(32)38(48)42-41-36)24-34(35)39(49)46-22-20-45(21-23-46)37(47)27-44-18-14-31(15-19-44)50-30-12-16-43(17-13-30)26-28-6-2-1-3-7-28/h1-11,24,30-31H,12-23,25-27H2,(H,42,48). The quantitative estimate of drug-likeness (QED) is 0.284. The lowest BCUT2D eigenvalue weighted by atomic mass is 10.0. The number of piperidine rings is 2. The molecule has 0 unspecified atom stereocenters.